The third kappa shape index (κ3) is 24.2. The monoisotopic (exact) mass is 1740 g/mol. The molecule has 0 bridgehead atoms. The molecule has 12 rings (SSSR count). The van der Waals surface area contributed by atoms with Crippen molar-refractivity contribution in [2.75, 3.05) is 121 Å². The number of carboxylic acids is 1. The van der Waals surface area contributed by atoms with Gasteiger partial charge in [-0.15, -0.1) is 14.6 Å². The predicted molar refractivity (Wildman–Crippen MR) is 433 cm³/mol. The van der Waals surface area contributed by atoms with Crippen LogP contribution in [0.4, 0.5) is 10.5 Å². The van der Waals surface area contributed by atoms with E-state index in [0.29, 0.717) is 119 Å². The number of nitrogens with zero attached hydrogens (tertiary/aromatic N) is 6. The number of anilines is 1. The molecule has 0 radical (unpaired) electrons. The number of phosphoric acid groups is 3. The van der Waals surface area contributed by atoms with Gasteiger partial charge in [0.05, 0.1) is 89.2 Å². The normalized spacial score (nSPS) is 17.9. The Balaban J connectivity index is 0.476. The van der Waals surface area contributed by atoms with Crippen molar-refractivity contribution in [3.63, 3.8) is 0 Å². The van der Waals surface area contributed by atoms with Crippen molar-refractivity contribution in [1.29, 1.82) is 0 Å². The number of rotatable bonds is 42. The number of hydrogen-bond donors (Lipinski definition) is 9. The molecule has 1 fully saturated rings. The minimum atomic E-state index is -5.78. The molecule has 6 aromatic rings. The Kier molecular flexibility index (Phi) is 31.5. The van der Waals surface area contributed by atoms with Gasteiger partial charge >= 0.3 is 41.2 Å². The van der Waals surface area contributed by atoms with Crippen molar-refractivity contribution in [2.24, 2.45) is 5.92 Å². The molecule has 9 N–H and O–H groups in total. The highest BCUT2D eigenvalue weighted by Gasteiger charge is 2.44. The molecule has 2 aromatic heterocycles. The molecule has 6 atom stereocenters. The van der Waals surface area contributed by atoms with Gasteiger partial charge in [-0.3, -0.25) is 33.1 Å². The number of carboxylic acid groups (broad SMARTS) is 1. The Morgan fingerprint density at radius 3 is 2.30 bits per heavy atom. The number of aromatic carboxylic acids is 1. The number of amides is 3. The zero-order valence-electron chi connectivity index (χ0n) is 63.8. The predicted octanol–water partition coefficient (Wildman–Crippen LogP) is 6.00. The first-order valence-electron chi connectivity index (χ1n) is 38.3. The molecule has 0 aliphatic carbocycles. The number of aromatic amines is 1. The fourth-order valence-corrected chi connectivity index (χ4v) is 20.7. The topological polar surface area (TPSA) is 441 Å². The lowest BCUT2D eigenvalue weighted by atomic mass is 9.81. The number of carbonyl (C=O) groups is 4. The van der Waals surface area contributed by atoms with Crippen LogP contribution in [0.2, 0.25) is 0 Å². The number of aryl methyl sites for hydroxylation is 3. The van der Waals surface area contributed by atoms with Crippen LogP contribution in [0.3, 0.4) is 0 Å². The fraction of sp³-hybridized carbons (Fsp3) is 0.507. The van der Waals surface area contributed by atoms with E-state index >= 15 is 0 Å². The molecule has 41 heteroatoms. The van der Waals surface area contributed by atoms with Crippen LogP contribution in [0.5, 0.6) is 11.5 Å². The van der Waals surface area contributed by atoms with E-state index in [0.717, 1.165) is 127 Å². The van der Waals surface area contributed by atoms with Crippen LogP contribution in [-0.2, 0) is 126 Å². The second-order valence-electron chi connectivity index (χ2n) is 28.1. The number of nitrogens with one attached hydrogen (secondary N) is 4. The van der Waals surface area contributed by atoms with Gasteiger partial charge in [0.25, 0.3) is 11.5 Å². The quantitative estimate of drug-likeness (QED) is 0.00529. The number of aromatic nitrogens is 5. The van der Waals surface area contributed by atoms with Gasteiger partial charge in [-0.05, 0) is 147 Å². The SMILES string of the molecule is CCS(=S)CC[C@@H]1C[C@H](n2cc(C#CCNC(=O)OCCCCOCSSc3ccc(CC(=O)NCCOCCOCCOCCCn4cc(CNC(=O)c5ccc(C(=O)O)c(C6=c7cc8c9c(c7Oc7c6cc6c%10c7CCCN%10CCC6)CCC[N+]=9CCC8)c5)nn4)cc3)c(=O)[nH]c2=O)O[C@@H]1COP(=O)(O)OP(=O)(O)OP(=O)(O)O. The minimum Gasteiger partial charge on any atom is -0.478 e. The van der Waals surface area contributed by atoms with E-state index in [1.54, 1.807) is 29.1 Å². The summed E-state index contributed by atoms with van der Waals surface area (Å²) >= 11 is 5.45. The fourth-order valence-electron chi connectivity index (χ4n) is 14.8. The van der Waals surface area contributed by atoms with E-state index in [-0.39, 0.29) is 55.5 Å². The number of ether oxygens (including phenoxy) is 7. The van der Waals surface area contributed by atoms with Crippen LogP contribution >= 0.6 is 45.1 Å². The molecule has 0 spiro atoms. The van der Waals surface area contributed by atoms with Gasteiger partial charge in [-0.2, -0.15) is 8.62 Å². The van der Waals surface area contributed by atoms with Crippen molar-refractivity contribution >= 4 is 101 Å². The molecule has 3 unspecified atom stereocenters. The van der Waals surface area contributed by atoms with Crippen molar-refractivity contribution in [2.45, 2.75) is 127 Å². The van der Waals surface area contributed by atoms with Crippen LogP contribution in [0.25, 0.3) is 5.57 Å². The summed E-state index contributed by atoms with van der Waals surface area (Å²) in [6.07, 6.45) is 10.3. The first-order valence-corrected chi connectivity index (χ1v) is 47.7. The van der Waals surface area contributed by atoms with Gasteiger partial charge < -0.3 is 78.7 Å². The van der Waals surface area contributed by atoms with Crippen molar-refractivity contribution in [1.82, 2.24) is 45.1 Å². The van der Waals surface area contributed by atoms with E-state index in [2.05, 4.69) is 73.3 Å². The molecule has 0 saturated carbocycles. The highest BCUT2D eigenvalue weighted by Crippen LogP contribution is 2.66. The molecule has 6 aliphatic heterocycles. The van der Waals surface area contributed by atoms with E-state index in [4.69, 9.17) is 58.7 Å². The molecule has 3 amide bonds. The van der Waals surface area contributed by atoms with Crippen LogP contribution in [0.15, 0.2) is 81.5 Å². The highest BCUT2D eigenvalue weighted by molar-refractivity contribution is 8.76. The van der Waals surface area contributed by atoms with Crippen molar-refractivity contribution < 1.29 is 104 Å². The maximum absolute atomic E-state index is 14.1. The molecule has 1 saturated heterocycles. The molecule has 116 heavy (non-hydrogen) atoms. The zero-order chi connectivity index (χ0) is 81.9. The van der Waals surface area contributed by atoms with E-state index in [1.165, 1.54) is 54.9 Å². The van der Waals surface area contributed by atoms with Gasteiger partial charge in [0, 0.05) is 102 Å². The number of unbranched alkanes of at least 4 members (excludes halogenated alkanes) is 1. The van der Waals surface area contributed by atoms with Gasteiger partial charge in [0.1, 0.15) is 48.0 Å². The maximum atomic E-state index is 14.1. The van der Waals surface area contributed by atoms with Gasteiger partial charge in [0.2, 0.25) is 11.3 Å². The lowest BCUT2D eigenvalue weighted by molar-refractivity contribution is -0.120. The minimum absolute atomic E-state index is 0.0981. The first kappa shape index (κ1) is 88.0. The standard InChI is InChI=1S/C75H93N10O24P3S4/c1-2-116(113)38-22-50-43-65(106-63(50)47-105-111(96,97)109-112(98,99)108-110(93,94)95)85-45-54(72(88)79-74(85)91)11-5-23-77-75(92)104-32-4-3-30-103-48-114-115-56-19-16-49(17-20-56)39-64(86)76-24-33-101-35-37-102-36-34-100-31-10-29-84-46-55(80-81-84)44-78-71(87)53-18-21-57(73(89)90)60(42-53)66-61-40-51-12-6-25-82-27-8-14-58(67(51)82)69(61)107-70-59-15-9-28-83-26-7-13-52(68(59)83)41-62(66)70/h16-21,40-42,45-46,50,63,65H,2-4,6-10,12-15,22-39,43-44,47-48H2,1H3,(H8-,76,77,78,79,86,87,88,89,90,91,92,93,94,95,96,97,98,99)/p+1/t50-,63-,65-,116?/m1/s1. The smallest absolute Gasteiger partial charge is 0.478 e. The molecule has 4 aromatic carbocycles. The third-order valence-electron chi connectivity index (χ3n) is 20.0. The number of hydrogen-bond acceptors (Lipinski definition) is 25. The van der Waals surface area contributed by atoms with E-state index < -0.39 is 81.1 Å². The molecule has 626 valence electrons. The van der Waals surface area contributed by atoms with Gasteiger partial charge in [0.15, 0.2) is 0 Å². The van der Waals surface area contributed by atoms with E-state index in [9.17, 15) is 57.4 Å². The van der Waals surface area contributed by atoms with Crippen LogP contribution < -0.4 is 52.0 Å². The van der Waals surface area contributed by atoms with Crippen LogP contribution in [0.1, 0.15) is 142 Å². The third-order valence-corrected chi connectivity index (χ3v) is 28.4. The summed E-state index contributed by atoms with van der Waals surface area (Å²) in [5, 5.41) is 29.9. The maximum Gasteiger partial charge on any atom is 0.490 e. The zero-order valence-corrected chi connectivity index (χ0v) is 69.7. The number of H-pyrrole nitrogens is 1. The largest absolute Gasteiger partial charge is 0.490 e. The Morgan fingerprint density at radius 2 is 1.53 bits per heavy atom. The summed E-state index contributed by atoms with van der Waals surface area (Å²) in [7, 11) is -14.3. The van der Waals surface area contributed by atoms with Crippen LogP contribution in [-0.4, -0.2) is 195 Å². The molecule has 34 nitrogen and oxygen atoms in total. The van der Waals surface area contributed by atoms with Crippen molar-refractivity contribution in [3.05, 3.63) is 160 Å². The van der Waals surface area contributed by atoms with Crippen molar-refractivity contribution in [3.8, 4) is 23.3 Å². The Labute approximate surface area is 682 Å². The first-order chi connectivity index (χ1) is 55.9. The summed E-state index contributed by atoms with van der Waals surface area (Å²) in [5.74, 6) is 6.43. The Bertz CT molecular complexity index is 5090. The second kappa shape index (κ2) is 41.6. The lowest BCUT2D eigenvalue weighted by Crippen LogP contribution is -2.45. The van der Waals surface area contributed by atoms with Gasteiger partial charge in [-0.1, -0.05) is 68.9 Å². The van der Waals surface area contributed by atoms with Gasteiger partial charge in [-0.25, -0.2) is 32.7 Å². The average molecular weight is 1740 g/mol. The molecular weight excluding hydrogens is 1650 g/mol. The second-order valence-corrected chi connectivity index (χ2v) is 38.1. The number of benzene rings is 4. The summed E-state index contributed by atoms with van der Waals surface area (Å²) in [4.78, 5) is 121. The number of carbonyl (C=O) groups excluding carboxylic acids is 3. The highest BCUT2D eigenvalue weighted by atomic mass is 33.1. The Hall–Kier alpha value is -7.31. The summed E-state index contributed by atoms with van der Waals surface area (Å²) in [6.45, 7) is 8.77. The summed E-state index contributed by atoms with van der Waals surface area (Å²) < 4.78 is 94.2. The van der Waals surface area contributed by atoms with E-state index in [1.807, 2.05) is 31.2 Å². The molecule has 8 heterocycles. The van der Waals surface area contributed by atoms with Crippen LogP contribution in [0, 0.1) is 17.8 Å². The molecule has 6 aliphatic rings. The number of fused-ring (bicyclic) bond motifs is 4. The molecular formula is C75H94N10O24P3S4+. The number of phosphoric ester groups is 1. The lowest BCUT2D eigenvalue weighted by Gasteiger charge is -2.39. The summed E-state index contributed by atoms with van der Waals surface area (Å²) in [6, 6.07) is 17.0. The summed E-state index contributed by atoms with van der Waals surface area (Å²) in [5.41, 5.74) is 8.39. The number of alkyl carbamates (subject to hydrolysis) is 1. The average Bonchev–Trinajstić information content (AvgIpc) is 0.788. The Morgan fingerprint density at radius 1 is 0.793 bits per heavy atom.